The zero-order valence-corrected chi connectivity index (χ0v) is 5.78. The smallest absolute Gasteiger partial charge is 0.321 e. The van der Waals surface area contributed by atoms with Crippen LogP contribution in [-0.2, 0) is 4.79 Å². The lowest BCUT2D eigenvalue weighted by Crippen LogP contribution is -2.31. The second-order valence-corrected chi connectivity index (χ2v) is 1.49. The van der Waals surface area contributed by atoms with Gasteiger partial charge < -0.3 is 10.8 Å². The lowest BCUT2D eigenvalue weighted by Gasteiger charge is -1.96. The van der Waals surface area contributed by atoms with Crippen LogP contribution in [0.2, 0.25) is 0 Å². The maximum atomic E-state index is 9.76. The average molecular weight is 174 g/mol. The molecule has 0 aromatic carbocycles. The molecular formula is C4H12ClNO2S. The summed E-state index contributed by atoms with van der Waals surface area (Å²) in [6.45, 7) is 0. The Labute approximate surface area is 66.4 Å². The first-order valence-corrected chi connectivity index (χ1v) is 2.41. The van der Waals surface area contributed by atoms with Crippen LogP contribution >= 0.6 is 25.0 Å². The van der Waals surface area contributed by atoms with Crippen LogP contribution in [0.5, 0.6) is 0 Å². The van der Waals surface area contributed by atoms with Gasteiger partial charge in [0.05, 0.1) is 0 Å². The number of carbonyl (C=O) groups is 1. The molecule has 3 N–H and O–H groups in total. The maximum Gasteiger partial charge on any atom is 0.321 e. The average Bonchev–Trinajstić information content (AvgIpc) is 1.65. The first-order valence-electron chi connectivity index (χ1n) is 1.77. The van der Waals surface area contributed by atoms with Gasteiger partial charge in [-0.25, -0.2) is 0 Å². The highest BCUT2D eigenvalue weighted by Crippen LogP contribution is 1.80. The van der Waals surface area contributed by atoms with Gasteiger partial charge >= 0.3 is 5.97 Å². The van der Waals surface area contributed by atoms with Crippen molar-refractivity contribution in [3.8, 4) is 0 Å². The molecule has 0 unspecified atom stereocenters. The Balaban J connectivity index is -0.000000180. The van der Waals surface area contributed by atoms with Crippen LogP contribution in [0.1, 0.15) is 7.43 Å². The van der Waals surface area contributed by atoms with E-state index in [1.165, 1.54) is 0 Å². The van der Waals surface area contributed by atoms with Crippen LogP contribution in [0.4, 0.5) is 0 Å². The highest BCUT2D eigenvalue weighted by atomic mass is 35.5. The fourth-order valence-corrected chi connectivity index (χ4v) is 0.234. The molecule has 1 atom stereocenters. The van der Waals surface area contributed by atoms with Crippen LogP contribution in [0, 0.1) is 0 Å². The molecule has 0 saturated carbocycles. The van der Waals surface area contributed by atoms with E-state index in [1.807, 2.05) is 0 Å². The first-order chi connectivity index (χ1) is 3.18. The van der Waals surface area contributed by atoms with Crippen LogP contribution in [-0.4, -0.2) is 22.9 Å². The molecule has 0 aliphatic heterocycles. The van der Waals surface area contributed by atoms with Gasteiger partial charge in [-0.15, -0.1) is 12.4 Å². The highest BCUT2D eigenvalue weighted by Gasteiger charge is 2.06. The van der Waals surface area contributed by atoms with Gasteiger partial charge in [-0.1, -0.05) is 7.43 Å². The van der Waals surface area contributed by atoms with Gasteiger partial charge in [-0.3, -0.25) is 4.79 Å². The SMILES string of the molecule is C.Cl.N[C@@H](CS)C(=O)O. The van der Waals surface area contributed by atoms with Crippen molar-refractivity contribution in [2.45, 2.75) is 13.5 Å². The Bertz CT molecular complexity index is 81.0. The summed E-state index contributed by atoms with van der Waals surface area (Å²) >= 11 is 3.65. The molecule has 0 aliphatic rings. The lowest BCUT2D eigenvalue weighted by atomic mass is 10.4. The number of nitrogens with two attached hydrogens (primary N) is 1. The van der Waals surface area contributed by atoms with E-state index in [9.17, 15) is 4.79 Å². The van der Waals surface area contributed by atoms with E-state index in [4.69, 9.17) is 10.8 Å². The molecule has 0 fully saturated rings. The highest BCUT2D eigenvalue weighted by molar-refractivity contribution is 7.80. The second-order valence-electron chi connectivity index (χ2n) is 1.13. The van der Waals surface area contributed by atoms with Gasteiger partial charge in [-0.2, -0.15) is 12.6 Å². The molecule has 0 aliphatic carbocycles. The van der Waals surface area contributed by atoms with Crippen molar-refractivity contribution < 1.29 is 9.90 Å². The summed E-state index contributed by atoms with van der Waals surface area (Å²) in [5.41, 5.74) is 4.94. The van der Waals surface area contributed by atoms with Crippen molar-refractivity contribution in [2.75, 3.05) is 5.75 Å². The summed E-state index contributed by atoms with van der Waals surface area (Å²) in [6.07, 6.45) is 0. The minimum atomic E-state index is -1.00. The molecule has 0 saturated heterocycles. The number of halogens is 1. The summed E-state index contributed by atoms with van der Waals surface area (Å²) in [6, 6.07) is -0.816. The van der Waals surface area contributed by atoms with E-state index >= 15 is 0 Å². The molecular weight excluding hydrogens is 162 g/mol. The van der Waals surface area contributed by atoms with E-state index in [2.05, 4.69) is 12.6 Å². The third kappa shape index (κ3) is 8.07. The molecule has 0 aromatic rings. The minimum Gasteiger partial charge on any atom is -0.480 e. The van der Waals surface area contributed by atoms with Gasteiger partial charge in [0.25, 0.3) is 0 Å². The van der Waals surface area contributed by atoms with Crippen molar-refractivity contribution in [1.29, 1.82) is 0 Å². The zero-order chi connectivity index (χ0) is 5.86. The number of rotatable bonds is 2. The predicted octanol–water partition coefficient (Wildman–Crippen LogP) is 0.386. The van der Waals surface area contributed by atoms with E-state index < -0.39 is 12.0 Å². The molecule has 0 aromatic heterocycles. The normalized spacial score (nSPS) is 10.4. The fourth-order valence-electron chi connectivity index (χ4n) is 0.0781. The first kappa shape index (κ1) is 16.0. The molecule has 0 heterocycles. The number of hydrogen-bond acceptors (Lipinski definition) is 3. The number of aliphatic carboxylic acids is 1. The number of carboxylic acid groups (broad SMARTS) is 1. The fraction of sp³-hybridized carbons (Fsp3) is 0.750. The van der Waals surface area contributed by atoms with Crippen molar-refractivity contribution in [3.63, 3.8) is 0 Å². The molecule has 3 nitrogen and oxygen atoms in total. The number of thiol groups is 1. The second kappa shape index (κ2) is 8.07. The van der Waals surface area contributed by atoms with Gasteiger partial charge in [0.1, 0.15) is 6.04 Å². The Morgan fingerprint density at radius 3 is 2.11 bits per heavy atom. The third-order valence-electron chi connectivity index (χ3n) is 0.514. The summed E-state index contributed by atoms with van der Waals surface area (Å²) in [7, 11) is 0. The molecule has 9 heavy (non-hydrogen) atoms. The largest absolute Gasteiger partial charge is 0.480 e. The van der Waals surface area contributed by atoms with E-state index in [-0.39, 0.29) is 25.6 Å². The summed E-state index contributed by atoms with van der Waals surface area (Å²) in [5.74, 6) is -0.815. The number of hydrogen-bond donors (Lipinski definition) is 3. The van der Waals surface area contributed by atoms with Crippen LogP contribution in [0.25, 0.3) is 0 Å². The maximum absolute atomic E-state index is 9.76. The van der Waals surface area contributed by atoms with Gasteiger partial charge in [-0.05, 0) is 0 Å². The summed E-state index contributed by atoms with van der Waals surface area (Å²) in [5, 5.41) is 8.01. The number of carboxylic acids is 1. The van der Waals surface area contributed by atoms with Crippen molar-refractivity contribution in [3.05, 3.63) is 0 Å². The summed E-state index contributed by atoms with van der Waals surface area (Å²) < 4.78 is 0. The van der Waals surface area contributed by atoms with Crippen LogP contribution in [0.3, 0.4) is 0 Å². The molecule has 0 rings (SSSR count). The van der Waals surface area contributed by atoms with Gasteiger partial charge in [0.15, 0.2) is 0 Å². The molecule has 0 amide bonds. The Hall–Kier alpha value is 0.0700. The molecule has 0 radical (unpaired) electrons. The molecule has 58 valence electrons. The standard InChI is InChI=1S/C3H7NO2S.CH4.ClH/c4-2(1-7)3(5)6;;/h2,7H,1,4H2,(H,5,6);1H4;1H/t2-;;/m0../s1. The summed E-state index contributed by atoms with van der Waals surface area (Å²) in [4.78, 5) is 9.76. The van der Waals surface area contributed by atoms with Crippen molar-refractivity contribution in [2.24, 2.45) is 5.73 Å². The van der Waals surface area contributed by atoms with Gasteiger partial charge in [0, 0.05) is 5.75 Å². The Kier molecular flexibility index (Phi) is 14.4. The molecule has 0 bridgehead atoms. The van der Waals surface area contributed by atoms with Crippen molar-refractivity contribution >= 4 is 31.0 Å². The van der Waals surface area contributed by atoms with Gasteiger partial charge in [0.2, 0.25) is 0 Å². The van der Waals surface area contributed by atoms with E-state index in [0.29, 0.717) is 0 Å². The quantitative estimate of drug-likeness (QED) is 0.530. The zero-order valence-electron chi connectivity index (χ0n) is 4.07. The third-order valence-corrected chi connectivity index (χ3v) is 0.907. The monoisotopic (exact) mass is 173 g/mol. The lowest BCUT2D eigenvalue weighted by molar-refractivity contribution is -0.137. The van der Waals surface area contributed by atoms with E-state index in [0.717, 1.165) is 0 Å². The predicted molar refractivity (Wildman–Crippen MR) is 43.4 cm³/mol. The van der Waals surface area contributed by atoms with E-state index in [1.54, 1.807) is 0 Å². The minimum absolute atomic E-state index is 0. The van der Waals surface area contributed by atoms with Crippen LogP contribution in [0.15, 0.2) is 0 Å². The van der Waals surface area contributed by atoms with Crippen LogP contribution < -0.4 is 5.73 Å². The van der Waals surface area contributed by atoms with Crippen molar-refractivity contribution in [1.82, 2.24) is 0 Å². The topological polar surface area (TPSA) is 63.3 Å². The molecule has 5 heteroatoms. The Morgan fingerprint density at radius 1 is 1.78 bits per heavy atom. The molecule has 0 spiro atoms. The Morgan fingerprint density at radius 2 is 2.11 bits per heavy atom.